The zero-order valence-electron chi connectivity index (χ0n) is 11.0. The Hall–Kier alpha value is -2.00. The van der Waals surface area contributed by atoms with Crippen LogP contribution < -0.4 is 4.74 Å². The molecule has 3 aromatic rings. The van der Waals surface area contributed by atoms with Crippen molar-refractivity contribution in [1.82, 2.24) is 15.0 Å². The maximum atomic E-state index is 12.6. The standard InChI is InChI=1S/C13H7F3N3OS2/c1-20-10-3-2-8(22-10)7-4-5-17-11(18-7)12-19-9(6-21-12)13(14,15)16/h2-4,6H,1H3. The number of hydrogen-bond acceptors (Lipinski definition) is 6. The fourth-order valence-electron chi connectivity index (χ4n) is 1.62. The van der Waals surface area contributed by atoms with Gasteiger partial charge in [0.1, 0.15) is 0 Å². The third-order valence-electron chi connectivity index (χ3n) is 2.62. The van der Waals surface area contributed by atoms with Crippen molar-refractivity contribution in [2.45, 2.75) is 6.18 Å². The van der Waals surface area contributed by atoms with Crippen LogP contribution in [-0.2, 0) is 6.18 Å². The second-order valence-corrected chi connectivity index (χ2v) is 5.97. The first-order chi connectivity index (χ1) is 10.5. The van der Waals surface area contributed by atoms with Gasteiger partial charge in [0, 0.05) is 5.38 Å². The molecule has 0 bridgehead atoms. The van der Waals surface area contributed by atoms with Crippen molar-refractivity contribution in [3.63, 3.8) is 0 Å². The monoisotopic (exact) mass is 342 g/mol. The molecule has 0 N–H and O–H groups in total. The molecule has 0 unspecified atom stereocenters. The van der Waals surface area contributed by atoms with Crippen LogP contribution in [0.4, 0.5) is 13.2 Å². The average Bonchev–Trinajstić information content (AvgIpc) is 3.16. The van der Waals surface area contributed by atoms with Crippen LogP contribution in [0.1, 0.15) is 5.69 Å². The molecular formula is C13H7F3N3OS2. The van der Waals surface area contributed by atoms with Crippen LogP contribution in [0, 0.1) is 6.20 Å². The fourth-order valence-corrected chi connectivity index (χ4v) is 3.16. The van der Waals surface area contributed by atoms with Gasteiger partial charge in [-0.25, -0.2) is 15.0 Å². The number of thiophene rings is 1. The van der Waals surface area contributed by atoms with E-state index in [1.54, 1.807) is 19.2 Å². The first-order valence-electron chi connectivity index (χ1n) is 5.90. The molecule has 0 aliphatic carbocycles. The van der Waals surface area contributed by atoms with Crippen molar-refractivity contribution < 1.29 is 17.9 Å². The first-order valence-corrected chi connectivity index (χ1v) is 7.59. The molecular weight excluding hydrogens is 335 g/mol. The molecule has 9 heteroatoms. The third kappa shape index (κ3) is 2.95. The third-order valence-corrected chi connectivity index (χ3v) is 4.53. The van der Waals surface area contributed by atoms with E-state index < -0.39 is 11.9 Å². The average molecular weight is 342 g/mol. The number of halogens is 3. The molecule has 0 aromatic carbocycles. The van der Waals surface area contributed by atoms with Crippen molar-refractivity contribution in [1.29, 1.82) is 0 Å². The number of alkyl halides is 3. The van der Waals surface area contributed by atoms with E-state index in [2.05, 4.69) is 21.1 Å². The molecule has 0 fully saturated rings. The Bertz CT molecular complexity index is 798. The highest BCUT2D eigenvalue weighted by molar-refractivity contribution is 7.17. The van der Waals surface area contributed by atoms with Crippen LogP contribution in [0.2, 0.25) is 0 Å². The van der Waals surface area contributed by atoms with Gasteiger partial charge in [-0.3, -0.25) is 0 Å². The topological polar surface area (TPSA) is 47.9 Å². The highest BCUT2D eigenvalue weighted by Gasteiger charge is 2.34. The number of nitrogens with zero attached hydrogens (tertiary/aromatic N) is 3. The van der Waals surface area contributed by atoms with E-state index in [0.29, 0.717) is 10.8 Å². The summed E-state index contributed by atoms with van der Waals surface area (Å²) in [5.74, 6) is 0.116. The maximum Gasteiger partial charge on any atom is 0.434 e. The Labute approximate surface area is 131 Å². The van der Waals surface area contributed by atoms with Gasteiger partial charge in [0.05, 0.1) is 23.9 Å². The van der Waals surface area contributed by atoms with Crippen LogP contribution in [0.25, 0.3) is 21.4 Å². The minimum Gasteiger partial charge on any atom is -0.487 e. The van der Waals surface area contributed by atoms with E-state index in [4.69, 9.17) is 4.74 Å². The predicted molar refractivity (Wildman–Crippen MR) is 76.8 cm³/mol. The molecule has 4 nitrogen and oxygen atoms in total. The van der Waals surface area contributed by atoms with Crippen LogP contribution in [0.15, 0.2) is 23.6 Å². The number of methoxy groups -OCH3 is 1. The summed E-state index contributed by atoms with van der Waals surface area (Å²) in [6.07, 6.45) is -1.83. The van der Waals surface area contributed by atoms with Gasteiger partial charge in [-0.1, -0.05) is 11.3 Å². The lowest BCUT2D eigenvalue weighted by Crippen LogP contribution is -2.05. The number of aromatic nitrogens is 3. The van der Waals surface area contributed by atoms with Gasteiger partial charge in [-0.15, -0.1) is 11.3 Å². The van der Waals surface area contributed by atoms with Crippen molar-refractivity contribution in [2.24, 2.45) is 0 Å². The Morgan fingerprint density at radius 1 is 1.23 bits per heavy atom. The zero-order chi connectivity index (χ0) is 15.7. The Kier molecular flexibility index (Phi) is 3.83. The number of ether oxygens (including phenoxy) is 1. The molecule has 0 saturated heterocycles. The molecule has 113 valence electrons. The van der Waals surface area contributed by atoms with Gasteiger partial charge < -0.3 is 4.74 Å². The van der Waals surface area contributed by atoms with Gasteiger partial charge in [-0.2, -0.15) is 13.2 Å². The normalized spacial score (nSPS) is 11.6. The predicted octanol–water partition coefficient (Wildman–Crippen LogP) is 4.16. The molecule has 1 radical (unpaired) electrons. The molecule has 0 saturated carbocycles. The highest BCUT2D eigenvalue weighted by atomic mass is 32.1. The van der Waals surface area contributed by atoms with Crippen molar-refractivity contribution in [2.75, 3.05) is 7.11 Å². The Morgan fingerprint density at radius 2 is 2.05 bits per heavy atom. The fraction of sp³-hybridized carbons (Fsp3) is 0.154. The van der Waals surface area contributed by atoms with Crippen molar-refractivity contribution in [3.05, 3.63) is 35.5 Å². The van der Waals surface area contributed by atoms with Crippen molar-refractivity contribution in [3.8, 4) is 26.5 Å². The van der Waals surface area contributed by atoms with E-state index in [0.717, 1.165) is 21.6 Å². The van der Waals surface area contributed by atoms with E-state index in [1.807, 2.05) is 6.07 Å². The summed E-state index contributed by atoms with van der Waals surface area (Å²) in [6, 6.07) is 5.16. The van der Waals surface area contributed by atoms with Gasteiger partial charge >= 0.3 is 6.18 Å². The van der Waals surface area contributed by atoms with Crippen LogP contribution in [0.3, 0.4) is 0 Å². The lowest BCUT2D eigenvalue weighted by molar-refractivity contribution is -0.140. The van der Waals surface area contributed by atoms with Crippen molar-refractivity contribution >= 4 is 22.7 Å². The minimum absolute atomic E-state index is 0.106. The number of hydrogen-bond donors (Lipinski definition) is 0. The van der Waals surface area contributed by atoms with Crippen LogP contribution in [-0.4, -0.2) is 22.1 Å². The largest absolute Gasteiger partial charge is 0.487 e. The molecule has 3 aromatic heterocycles. The molecule has 22 heavy (non-hydrogen) atoms. The quantitative estimate of drug-likeness (QED) is 0.717. The molecule has 0 spiro atoms. The molecule has 3 rings (SSSR count). The van der Waals surface area contributed by atoms with Gasteiger partial charge in [0.15, 0.2) is 21.6 Å². The summed E-state index contributed by atoms with van der Waals surface area (Å²) in [6.45, 7) is 0. The first kappa shape index (κ1) is 14.9. The van der Waals surface area contributed by atoms with E-state index >= 15 is 0 Å². The smallest absolute Gasteiger partial charge is 0.434 e. The summed E-state index contributed by atoms with van der Waals surface area (Å²) in [5, 5.41) is 1.76. The van der Waals surface area contributed by atoms with E-state index in [-0.39, 0.29) is 10.8 Å². The SMILES string of the molecule is COc1ccc(-c2c[c]nc(-c3nc(C(F)(F)F)cs3)n2)s1. The van der Waals surface area contributed by atoms with E-state index in [9.17, 15) is 13.2 Å². The lowest BCUT2D eigenvalue weighted by atomic mass is 10.3. The van der Waals surface area contributed by atoms with Crippen LogP contribution in [0.5, 0.6) is 5.06 Å². The summed E-state index contributed by atoms with van der Waals surface area (Å²) in [7, 11) is 1.56. The zero-order valence-corrected chi connectivity index (χ0v) is 12.6. The molecule has 0 amide bonds. The van der Waals surface area contributed by atoms with Crippen LogP contribution >= 0.6 is 22.7 Å². The minimum atomic E-state index is -4.48. The summed E-state index contributed by atoms with van der Waals surface area (Å²) in [5.41, 5.74) is -0.388. The molecule has 0 aliphatic rings. The lowest BCUT2D eigenvalue weighted by Gasteiger charge is -2.00. The Morgan fingerprint density at radius 3 is 2.68 bits per heavy atom. The summed E-state index contributed by atoms with van der Waals surface area (Å²) < 4.78 is 42.9. The van der Waals surface area contributed by atoms with Gasteiger partial charge in [-0.05, 0) is 18.2 Å². The highest BCUT2D eigenvalue weighted by Crippen LogP contribution is 2.34. The van der Waals surface area contributed by atoms with E-state index in [1.165, 1.54) is 11.3 Å². The second kappa shape index (κ2) is 5.65. The number of thiazole rings is 1. The Balaban J connectivity index is 1.95. The second-order valence-electron chi connectivity index (χ2n) is 4.06. The molecule has 3 heterocycles. The molecule has 0 atom stereocenters. The van der Waals surface area contributed by atoms with Gasteiger partial charge in [0.2, 0.25) is 0 Å². The molecule has 0 aliphatic heterocycles. The summed E-state index contributed by atoms with van der Waals surface area (Å²) >= 11 is 2.22. The summed E-state index contributed by atoms with van der Waals surface area (Å²) in [4.78, 5) is 12.5. The maximum absolute atomic E-state index is 12.6. The van der Waals surface area contributed by atoms with Gasteiger partial charge in [0.25, 0.3) is 0 Å². The number of rotatable bonds is 3.